The Morgan fingerprint density at radius 1 is 1.45 bits per heavy atom. The SMILES string of the molecule is COC(=O)C[C@H](O)[C@@H]1CCCN(Cc2ccccc2)C1. The van der Waals surface area contributed by atoms with Crippen molar-refractivity contribution in [2.75, 3.05) is 20.2 Å². The molecule has 0 amide bonds. The molecule has 2 rings (SSSR count). The van der Waals surface area contributed by atoms with Gasteiger partial charge in [-0.3, -0.25) is 9.69 Å². The number of rotatable bonds is 5. The summed E-state index contributed by atoms with van der Waals surface area (Å²) in [6.07, 6.45) is 1.54. The molecule has 1 saturated heterocycles. The average Bonchev–Trinajstić information content (AvgIpc) is 2.48. The van der Waals surface area contributed by atoms with Crippen molar-refractivity contribution in [2.45, 2.75) is 31.9 Å². The van der Waals surface area contributed by atoms with Crippen LogP contribution >= 0.6 is 0 Å². The fraction of sp³-hybridized carbons (Fsp3) is 0.562. The first kappa shape index (κ1) is 15.0. The summed E-state index contributed by atoms with van der Waals surface area (Å²) in [4.78, 5) is 13.6. The molecule has 0 spiro atoms. The predicted octanol–water partition coefficient (Wildman–Crippen LogP) is 1.82. The van der Waals surface area contributed by atoms with E-state index >= 15 is 0 Å². The summed E-state index contributed by atoms with van der Waals surface area (Å²) >= 11 is 0. The highest BCUT2D eigenvalue weighted by Crippen LogP contribution is 2.23. The van der Waals surface area contributed by atoms with E-state index in [1.165, 1.54) is 12.7 Å². The summed E-state index contributed by atoms with van der Waals surface area (Å²) in [6.45, 7) is 2.80. The minimum Gasteiger partial charge on any atom is -0.469 e. The lowest BCUT2D eigenvalue weighted by Crippen LogP contribution is -2.40. The van der Waals surface area contributed by atoms with Gasteiger partial charge in [0.05, 0.1) is 19.6 Å². The van der Waals surface area contributed by atoms with E-state index in [0.29, 0.717) is 0 Å². The quantitative estimate of drug-likeness (QED) is 0.834. The van der Waals surface area contributed by atoms with Gasteiger partial charge in [0.2, 0.25) is 0 Å². The molecule has 110 valence electrons. The summed E-state index contributed by atoms with van der Waals surface area (Å²) in [5.41, 5.74) is 1.29. The lowest BCUT2D eigenvalue weighted by molar-refractivity contribution is -0.144. The number of likely N-dealkylation sites (tertiary alicyclic amines) is 1. The molecular formula is C16H23NO3. The third-order valence-corrected chi connectivity index (χ3v) is 3.94. The van der Waals surface area contributed by atoms with Crippen LogP contribution in [0.5, 0.6) is 0 Å². The van der Waals surface area contributed by atoms with Gasteiger partial charge >= 0.3 is 5.97 Å². The number of nitrogens with zero attached hydrogens (tertiary/aromatic N) is 1. The largest absolute Gasteiger partial charge is 0.469 e. The van der Waals surface area contributed by atoms with Gasteiger partial charge in [-0.25, -0.2) is 0 Å². The maximum Gasteiger partial charge on any atom is 0.308 e. The van der Waals surface area contributed by atoms with Gasteiger partial charge in [-0.15, -0.1) is 0 Å². The van der Waals surface area contributed by atoms with Crippen LogP contribution in [0, 0.1) is 5.92 Å². The molecule has 0 bridgehead atoms. The zero-order valence-corrected chi connectivity index (χ0v) is 12.0. The normalized spacial score (nSPS) is 21.4. The maximum absolute atomic E-state index is 11.2. The molecular weight excluding hydrogens is 254 g/mol. The van der Waals surface area contributed by atoms with Crippen molar-refractivity contribution in [3.63, 3.8) is 0 Å². The Morgan fingerprint density at radius 2 is 2.20 bits per heavy atom. The standard InChI is InChI=1S/C16H23NO3/c1-20-16(19)10-15(18)14-8-5-9-17(12-14)11-13-6-3-2-4-7-13/h2-4,6-7,14-15,18H,5,8-12H2,1H3/t14-,15+/m1/s1. The zero-order valence-electron chi connectivity index (χ0n) is 12.0. The smallest absolute Gasteiger partial charge is 0.308 e. The number of hydrogen-bond donors (Lipinski definition) is 1. The minimum atomic E-state index is -0.596. The van der Waals surface area contributed by atoms with Gasteiger partial charge in [-0.05, 0) is 30.9 Å². The molecule has 0 unspecified atom stereocenters. The summed E-state index contributed by atoms with van der Waals surface area (Å²) in [6, 6.07) is 10.3. The van der Waals surface area contributed by atoms with Crippen LogP contribution in [-0.4, -0.2) is 42.3 Å². The van der Waals surface area contributed by atoms with Crippen LogP contribution in [0.2, 0.25) is 0 Å². The molecule has 2 atom stereocenters. The number of esters is 1. The van der Waals surface area contributed by atoms with Gasteiger partial charge in [0, 0.05) is 13.1 Å². The second-order valence-electron chi connectivity index (χ2n) is 5.47. The van der Waals surface area contributed by atoms with Gasteiger partial charge in [0.25, 0.3) is 0 Å². The third kappa shape index (κ3) is 4.32. The Labute approximate surface area is 120 Å². The van der Waals surface area contributed by atoms with Gasteiger partial charge < -0.3 is 9.84 Å². The first-order chi connectivity index (χ1) is 9.69. The molecule has 1 N–H and O–H groups in total. The number of ether oxygens (including phenoxy) is 1. The monoisotopic (exact) mass is 277 g/mol. The first-order valence-corrected chi connectivity index (χ1v) is 7.20. The van der Waals surface area contributed by atoms with Crippen molar-refractivity contribution >= 4 is 5.97 Å². The molecule has 4 heteroatoms. The number of hydrogen-bond acceptors (Lipinski definition) is 4. The molecule has 1 aliphatic rings. The summed E-state index contributed by atoms with van der Waals surface area (Å²) in [5, 5.41) is 10.1. The van der Waals surface area contributed by atoms with Gasteiger partial charge in [-0.1, -0.05) is 30.3 Å². The Morgan fingerprint density at radius 3 is 2.90 bits per heavy atom. The Kier molecular flexibility index (Phi) is 5.56. The van der Waals surface area contributed by atoms with E-state index in [1.807, 2.05) is 18.2 Å². The number of carbonyl (C=O) groups excluding carboxylic acids is 1. The molecule has 0 aromatic heterocycles. The van der Waals surface area contributed by atoms with Crippen molar-refractivity contribution < 1.29 is 14.6 Å². The number of carbonyl (C=O) groups is 1. The predicted molar refractivity (Wildman–Crippen MR) is 77.1 cm³/mol. The molecule has 1 aliphatic heterocycles. The molecule has 1 fully saturated rings. The summed E-state index contributed by atoms with van der Waals surface area (Å²) in [7, 11) is 1.36. The van der Waals surface area contributed by atoms with Crippen LogP contribution in [0.4, 0.5) is 0 Å². The highest BCUT2D eigenvalue weighted by Gasteiger charge is 2.27. The number of aliphatic hydroxyl groups excluding tert-OH is 1. The van der Waals surface area contributed by atoms with E-state index in [4.69, 9.17) is 0 Å². The summed E-state index contributed by atoms with van der Waals surface area (Å²) < 4.78 is 4.62. The second kappa shape index (κ2) is 7.41. The van der Waals surface area contributed by atoms with Crippen molar-refractivity contribution in [2.24, 2.45) is 5.92 Å². The fourth-order valence-electron chi connectivity index (χ4n) is 2.81. The minimum absolute atomic E-state index is 0.0976. The fourth-order valence-corrected chi connectivity index (χ4v) is 2.81. The van der Waals surface area contributed by atoms with Crippen LogP contribution in [0.15, 0.2) is 30.3 Å². The van der Waals surface area contributed by atoms with E-state index in [-0.39, 0.29) is 18.3 Å². The first-order valence-electron chi connectivity index (χ1n) is 7.20. The van der Waals surface area contributed by atoms with E-state index in [2.05, 4.69) is 21.8 Å². The third-order valence-electron chi connectivity index (χ3n) is 3.94. The van der Waals surface area contributed by atoms with Crippen LogP contribution in [-0.2, 0) is 16.1 Å². The van der Waals surface area contributed by atoms with E-state index in [0.717, 1.165) is 32.5 Å². The summed E-state index contributed by atoms with van der Waals surface area (Å²) in [5.74, 6) is -0.177. The van der Waals surface area contributed by atoms with Crippen molar-refractivity contribution in [3.8, 4) is 0 Å². The molecule has 1 aromatic carbocycles. The number of methoxy groups -OCH3 is 1. The van der Waals surface area contributed by atoms with E-state index in [9.17, 15) is 9.90 Å². The Bertz CT molecular complexity index is 421. The lowest BCUT2D eigenvalue weighted by atomic mass is 9.90. The Balaban J connectivity index is 1.86. The number of piperidine rings is 1. The molecule has 1 heterocycles. The molecule has 0 radical (unpaired) electrons. The van der Waals surface area contributed by atoms with E-state index < -0.39 is 6.10 Å². The number of benzene rings is 1. The lowest BCUT2D eigenvalue weighted by Gasteiger charge is -2.34. The van der Waals surface area contributed by atoms with E-state index in [1.54, 1.807) is 0 Å². The van der Waals surface area contributed by atoms with Crippen molar-refractivity contribution in [1.82, 2.24) is 4.90 Å². The highest BCUT2D eigenvalue weighted by atomic mass is 16.5. The molecule has 20 heavy (non-hydrogen) atoms. The Hall–Kier alpha value is -1.39. The molecule has 0 saturated carbocycles. The average molecular weight is 277 g/mol. The second-order valence-corrected chi connectivity index (χ2v) is 5.47. The maximum atomic E-state index is 11.2. The topological polar surface area (TPSA) is 49.8 Å². The zero-order chi connectivity index (χ0) is 14.4. The van der Waals surface area contributed by atoms with Crippen LogP contribution in [0.3, 0.4) is 0 Å². The molecule has 1 aromatic rings. The molecule has 4 nitrogen and oxygen atoms in total. The molecule has 0 aliphatic carbocycles. The van der Waals surface area contributed by atoms with Crippen LogP contribution in [0.25, 0.3) is 0 Å². The van der Waals surface area contributed by atoms with Crippen LogP contribution in [0.1, 0.15) is 24.8 Å². The van der Waals surface area contributed by atoms with Gasteiger partial charge in [0.15, 0.2) is 0 Å². The van der Waals surface area contributed by atoms with Gasteiger partial charge in [-0.2, -0.15) is 0 Å². The van der Waals surface area contributed by atoms with Crippen LogP contribution < -0.4 is 0 Å². The van der Waals surface area contributed by atoms with Gasteiger partial charge in [0.1, 0.15) is 0 Å². The van der Waals surface area contributed by atoms with Crippen molar-refractivity contribution in [3.05, 3.63) is 35.9 Å². The van der Waals surface area contributed by atoms with Crippen molar-refractivity contribution in [1.29, 1.82) is 0 Å². The highest BCUT2D eigenvalue weighted by molar-refractivity contribution is 5.69. The number of aliphatic hydroxyl groups is 1.